The Hall–Kier alpha value is -3.66. The zero-order valence-electron chi connectivity index (χ0n) is 15.7. The number of benzene rings is 2. The lowest BCUT2D eigenvalue weighted by molar-refractivity contribution is -0.120. The first kappa shape index (κ1) is 20.1. The maximum Gasteiger partial charge on any atom is 0.257 e. The molecule has 0 saturated carbocycles. The van der Waals surface area contributed by atoms with Crippen molar-refractivity contribution in [2.75, 3.05) is 26.1 Å². The van der Waals surface area contributed by atoms with Gasteiger partial charge in [-0.25, -0.2) is 0 Å². The van der Waals surface area contributed by atoms with E-state index in [0.29, 0.717) is 11.0 Å². The second kappa shape index (κ2) is 9.02. The molecule has 10 heteroatoms. The number of nitrogens with zero attached hydrogens (tertiary/aromatic N) is 2. The SMILES string of the molecule is COc1cc(C(=O)Nc2nc(-c3ccccc3)ns2)cc(OC)c1OCC(N)=O. The molecule has 29 heavy (non-hydrogen) atoms. The number of amides is 2. The van der Waals surface area contributed by atoms with Gasteiger partial charge in [-0.2, -0.15) is 9.36 Å². The summed E-state index contributed by atoms with van der Waals surface area (Å²) in [6.45, 7) is -0.356. The maximum absolute atomic E-state index is 12.7. The zero-order chi connectivity index (χ0) is 20.8. The molecule has 3 aromatic rings. The largest absolute Gasteiger partial charge is 0.493 e. The average molecular weight is 414 g/mol. The molecular formula is C19H18N4O5S. The molecule has 0 aliphatic carbocycles. The lowest BCUT2D eigenvalue weighted by atomic mass is 10.1. The highest BCUT2D eigenvalue weighted by atomic mass is 32.1. The molecule has 0 aliphatic heterocycles. The lowest BCUT2D eigenvalue weighted by Crippen LogP contribution is -2.20. The van der Waals surface area contributed by atoms with E-state index in [1.807, 2.05) is 30.3 Å². The van der Waals surface area contributed by atoms with Gasteiger partial charge in [0, 0.05) is 22.7 Å². The van der Waals surface area contributed by atoms with E-state index in [1.165, 1.54) is 26.4 Å². The minimum absolute atomic E-state index is 0.174. The number of hydrogen-bond donors (Lipinski definition) is 2. The highest BCUT2D eigenvalue weighted by molar-refractivity contribution is 7.10. The number of hydrogen-bond acceptors (Lipinski definition) is 8. The van der Waals surface area contributed by atoms with Crippen LogP contribution in [0.2, 0.25) is 0 Å². The van der Waals surface area contributed by atoms with Crippen molar-refractivity contribution >= 4 is 28.5 Å². The van der Waals surface area contributed by atoms with Crippen LogP contribution in [-0.4, -0.2) is 42.0 Å². The molecule has 1 aromatic heterocycles. The van der Waals surface area contributed by atoms with Crippen molar-refractivity contribution < 1.29 is 23.8 Å². The normalized spacial score (nSPS) is 10.3. The van der Waals surface area contributed by atoms with E-state index in [-0.39, 0.29) is 29.4 Å². The van der Waals surface area contributed by atoms with Gasteiger partial charge in [-0.3, -0.25) is 14.9 Å². The van der Waals surface area contributed by atoms with Gasteiger partial charge in [0.15, 0.2) is 23.9 Å². The van der Waals surface area contributed by atoms with Crippen LogP contribution in [0.4, 0.5) is 5.13 Å². The fraction of sp³-hybridized carbons (Fsp3) is 0.158. The molecule has 3 rings (SSSR count). The van der Waals surface area contributed by atoms with Gasteiger partial charge in [0.1, 0.15) is 0 Å². The molecule has 0 atom stereocenters. The minimum Gasteiger partial charge on any atom is -0.493 e. The Balaban J connectivity index is 1.82. The van der Waals surface area contributed by atoms with E-state index < -0.39 is 11.8 Å². The predicted octanol–water partition coefficient (Wildman–Crippen LogP) is 2.34. The molecule has 0 unspecified atom stereocenters. The second-order valence-electron chi connectivity index (χ2n) is 5.71. The summed E-state index contributed by atoms with van der Waals surface area (Å²) in [5.41, 5.74) is 6.21. The van der Waals surface area contributed by atoms with E-state index in [9.17, 15) is 9.59 Å². The third kappa shape index (κ3) is 4.79. The Kier molecular flexibility index (Phi) is 6.25. The first-order chi connectivity index (χ1) is 14.0. The quantitative estimate of drug-likeness (QED) is 0.579. The van der Waals surface area contributed by atoms with Crippen molar-refractivity contribution in [3.63, 3.8) is 0 Å². The number of nitrogens with one attached hydrogen (secondary N) is 1. The fourth-order valence-corrected chi connectivity index (χ4v) is 3.03. The summed E-state index contributed by atoms with van der Waals surface area (Å²) < 4.78 is 20.1. The summed E-state index contributed by atoms with van der Waals surface area (Å²) in [6.07, 6.45) is 0. The number of aromatic nitrogens is 2. The standard InChI is InChI=1S/C19H18N4O5S/c1-26-13-8-12(9-14(27-2)16(13)28-10-15(20)24)18(25)22-19-21-17(23-29-19)11-6-4-3-5-7-11/h3-9H,10H2,1-2H3,(H2,20,24)(H,21,22,23,25). The molecule has 150 valence electrons. The predicted molar refractivity (Wildman–Crippen MR) is 108 cm³/mol. The van der Waals surface area contributed by atoms with Gasteiger partial charge in [0.25, 0.3) is 11.8 Å². The van der Waals surface area contributed by atoms with Gasteiger partial charge in [0.2, 0.25) is 10.9 Å². The maximum atomic E-state index is 12.7. The molecule has 3 N–H and O–H groups in total. The Bertz CT molecular complexity index is 997. The van der Waals surface area contributed by atoms with Crippen molar-refractivity contribution in [1.82, 2.24) is 9.36 Å². The minimum atomic E-state index is -0.651. The molecule has 1 heterocycles. The average Bonchev–Trinajstić information content (AvgIpc) is 3.20. The van der Waals surface area contributed by atoms with Crippen molar-refractivity contribution in [3.8, 4) is 28.6 Å². The summed E-state index contributed by atoms with van der Waals surface area (Å²) >= 11 is 1.07. The van der Waals surface area contributed by atoms with Crippen molar-refractivity contribution in [3.05, 3.63) is 48.0 Å². The summed E-state index contributed by atoms with van der Waals surface area (Å²) in [5.74, 6) is 0.0556. The smallest absolute Gasteiger partial charge is 0.257 e. The van der Waals surface area contributed by atoms with E-state index in [2.05, 4.69) is 14.7 Å². The van der Waals surface area contributed by atoms with Crippen LogP contribution in [0, 0.1) is 0 Å². The van der Waals surface area contributed by atoms with Crippen LogP contribution in [0.25, 0.3) is 11.4 Å². The number of carbonyl (C=O) groups is 2. The van der Waals surface area contributed by atoms with E-state index >= 15 is 0 Å². The van der Waals surface area contributed by atoms with E-state index in [4.69, 9.17) is 19.9 Å². The molecule has 0 aliphatic rings. The Morgan fingerprint density at radius 2 is 1.76 bits per heavy atom. The first-order valence-corrected chi connectivity index (χ1v) is 9.16. The van der Waals surface area contributed by atoms with Crippen LogP contribution in [0.1, 0.15) is 10.4 Å². The molecule has 9 nitrogen and oxygen atoms in total. The number of methoxy groups -OCH3 is 2. The highest BCUT2D eigenvalue weighted by Gasteiger charge is 2.19. The van der Waals surface area contributed by atoms with Gasteiger partial charge >= 0.3 is 0 Å². The second-order valence-corrected chi connectivity index (χ2v) is 6.46. The van der Waals surface area contributed by atoms with Crippen LogP contribution in [-0.2, 0) is 4.79 Å². The summed E-state index contributed by atoms with van der Waals surface area (Å²) in [5, 5.41) is 3.05. The van der Waals surface area contributed by atoms with Crippen LogP contribution in [0.5, 0.6) is 17.2 Å². The molecule has 0 radical (unpaired) electrons. The van der Waals surface area contributed by atoms with Gasteiger partial charge in [-0.15, -0.1) is 0 Å². The van der Waals surface area contributed by atoms with Crippen molar-refractivity contribution in [2.45, 2.75) is 0 Å². The number of rotatable bonds is 8. The first-order valence-electron chi connectivity index (χ1n) is 8.39. The van der Waals surface area contributed by atoms with Crippen molar-refractivity contribution in [1.29, 1.82) is 0 Å². The van der Waals surface area contributed by atoms with Crippen LogP contribution in [0.3, 0.4) is 0 Å². The Morgan fingerprint density at radius 1 is 1.10 bits per heavy atom. The topological polar surface area (TPSA) is 126 Å². The molecule has 0 fully saturated rings. The van der Waals surface area contributed by atoms with E-state index in [0.717, 1.165) is 17.1 Å². The van der Waals surface area contributed by atoms with Gasteiger partial charge in [0.05, 0.1) is 14.2 Å². The molecular weight excluding hydrogens is 396 g/mol. The number of carbonyl (C=O) groups excluding carboxylic acids is 2. The number of anilines is 1. The molecule has 0 saturated heterocycles. The molecule has 0 bridgehead atoms. The fourth-order valence-electron chi connectivity index (χ4n) is 2.44. The molecule has 2 aromatic carbocycles. The highest BCUT2D eigenvalue weighted by Crippen LogP contribution is 2.38. The molecule has 0 spiro atoms. The van der Waals surface area contributed by atoms with E-state index in [1.54, 1.807) is 0 Å². The van der Waals surface area contributed by atoms with Crippen LogP contribution in [0.15, 0.2) is 42.5 Å². The number of primary amides is 1. The van der Waals surface area contributed by atoms with Gasteiger partial charge < -0.3 is 19.9 Å². The lowest BCUT2D eigenvalue weighted by Gasteiger charge is -2.15. The van der Waals surface area contributed by atoms with Gasteiger partial charge in [-0.05, 0) is 12.1 Å². The summed E-state index contributed by atoms with van der Waals surface area (Å²) in [6, 6.07) is 12.4. The Morgan fingerprint density at radius 3 is 2.34 bits per heavy atom. The monoisotopic (exact) mass is 414 g/mol. The summed E-state index contributed by atoms with van der Waals surface area (Å²) in [4.78, 5) is 28.0. The Labute approximate surface area is 170 Å². The third-order valence-electron chi connectivity index (χ3n) is 3.76. The van der Waals surface area contributed by atoms with Crippen molar-refractivity contribution in [2.24, 2.45) is 5.73 Å². The zero-order valence-corrected chi connectivity index (χ0v) is 16.5. The summed E-state index contributed by atoms with van der Waals surface area (Å²) in [7, 11) is 2.81. The molecule has 2 amide bonds. The van der Waals surface area contributed by atoms with Crippen LogP contribution >= 0.6 is 11.5 Å². The number of ether oxygens (including phenoxy) is 3. The van der Waals surface area contributed by atoms with Crippen LogP contribution < -0.4 is 25.3 Å². The number of nitrogens with two attached hydrogens (primary N) is 1. The van der Waals surface area contributed by atoms with Gasteiger partial charge in [-0.1, -0.05) is 30.3 Å². The third-order valence-corrected chi connectivity index (χ3v) is 4.39.